The molecule has 1 fully saturated rings. The monoisotopic (exact) mass is 963 g/mol. The maximum absolute atomic E-state index is 15.9. The van der Waals surface area contributed by atoms with Crippen molar-refractivity contribution in [1.29, 1.82) is 0 Å². The Morgan fingerprint density at radius 2 is 1.37 bits per heavy atom. The number of esters is 2. The van der Waals surface area contributed by atoms with Crippen LogP contribution >= 0.6 is 0 Å². The first-order valence-electron chi connectivity index (χ1n) is 24.5. The molecular weight excluding hydrogens is 898 g/mol. The van der Waals surface area contributed by atoms with Crippen LogP contribution in [0, 0.1) is 18.4 Å². The smallest absolute Gasteiger partial charge is 0.497 e. The highest BCUT2D eigenvalue weighted by atomic mass is 19.1. The van der Waals surface area contributed by atoms with Crippen LogP contribution in [0.1, 0.15) is 133 Å². The fourth-order valence-corrected chi connectivity index (χ4v) is 8.68. The highest BCUT2D eigenvalue weighted by Crippen LogP contribution is 2.43. The average molecular weight is 964 g/mol. The van der Waals surface area contributed by atoms with Gasteiger partial charge in [0.15, 0.2) is 34.8 Å². The zero-order valence-electron chi connectivity index (χ0n) is 40.5. The average Bonchev–Trinajstić information content (AvgIpc) is 3.98. The minimum absolute atomic E-state index is 0.0162. The SMILES string of the molecule is C#C[C@]1(CO)O[C@@H](n2cnc3c(NC(c4ccccc4)(c4ccccc4)c4ccc(OC)cc4)nc(F)nc32)C[C@@H]1OC(=O)OC(COC(=O)CCCCCCCC)COC(=O)CCCCCCCC. The topological polar surface area (TPSA) is 182 Å². The quantitative estimate of drug-likeness (QED) is 0.0121. The third-order valence-corrected chi connectivity index (χ3v) is 12.5. The number of aromatic nitrogens is 4. The summed E-state index contributed by atoms with van der Waals surface area (Å²) in [6, 6.07) is 26.8. The number of anilines is 1. The first-order valence-corrected chi connectivity index (χ1v) is 24.5. The summed E-state index contributed by atoms with van der Waals surface area (Å²) in [6.07, 6.45) is 13.4. The molecule has 3 heterocycles. The number of imidazole rings is 1. The Labute approximate surface area is 409 Å². The molecule has 0 bridgehead atoms. The first kappa shape index (κ1) is 52.8. The van der Waals surface area contributed by atoms with Crippen LogP contribution in [0.5, 0.6) is 5.75 Å². The number of halogens is 1. The number of carbonyl (C=O) groups excluding carboxylic acids is 3. The molecule has 0 radical (unpaired) electrons. The number of terminal acetylenes is 1. The van der Waals surface area contributed by atoms with E-state index < -0.39 is 73.6 Å². The van der Waals surface area contributed by atoms with Crippen LogP contribution in [0.25, 0.3) is 11.2 Å². The van der Waals surface area contributed by atoms with E-state index in [-0.39, 0.29) is 36.2 Å². The predicted octanol–water partition coefficient (Wildman–Crippen LogP) is 10.1. The second kappa shape index (κ2) is 26.4. The van der Waals surface area contributed by atoms with Crippen molar-refractivity contribution in [3.8, 4) is 18.1 Å². The van der Waals surface area contributed by atoms with Gasteiger partial charge in [0.05, 0.1) is 20.0 Å². The summed E-state index contributed by atoms with van der Waals surface area (Å²) in [7, 11) is 1.59. The normalized spacial score (nSPS) is 16.7. The number of fused-ring (bicyclic) bond motifs is 1. The number of benzene rings is 3. The lowest BCUT2D eigenvalue weighted by Crippen LogP contribution is -2.44. The van der Waals surface area contributed by atoms with E-state index in [1.165, 1.54) is 10.9 Å². The van der Waals surface area contributed by atoms with Gasteiger partial charge in [-0.05, 0) is 41.7 Å². The molecule has 0 spiro atoms. The van der Waals surface area contributed by atoms with E-state index in [9.17, 15) is 19.5 Å². The minimum Gasteiger partial charge on any atom is -0.497 e. The van der Waals surface area contributed by atoms with Crippen molar-refractivity contribution in [2.45, 2.75) is 140 Å². The molecule has 0 amide bonds. The standard InChI is InChI=1S/C54H66FN5O10/c1-5-8-10-12-14-22-28-46(62)66-35-43(36-67-47(63)29-23-15-13-11-9-6-2)68-52(64)69-44-34-45(70-53(44,7-3)37-61)60-38-56-48-49(57-51(55)58-50(48)60)59-54(39-24-18-16-19-25-39,40-26-20-17-21-27-40)41-30-32-42(65-4)33-31-41/h3,16-21,24-27,30-33,38,43-45,61H,5-6,8-15,22-23,28-29,34-37H2,1-2,4H3,(H,57,58,59)/t44-,45+,53+/m0/s1. The number of carbonyl (C=O) groups is 3. The van der Waals surface area contributed by atoms with Crippen molar-refractivity contribution in [2.24, 2.45) is 0 Å². The van der Waals surface area contributed by atoms with Gasteiger partial charge in [-0.3, -0.25) is 14.2 Å². The minimum atomic E-state index is -1.89. The van der Waals surface area contributed by atoms with Gasteiger partial charge >= 0.3 is 24.2 Å². The van der Waals surface area contributed by atoms with Gasteiger partial charge in [-0.15, -0.1) is 6.42 Å². The Morgan fingerprint density at radius 1 is 0.829 bits per heavy atom. The molecule has 6 rings (SSSR count). The van der Waals surface area contributed by atoms with Gasteiger partial charge in [0.1, 0.15) is 30.7 Å². The molecule has 1 aliphatic heterocycles. The highest BCUT2D eigenvalue weighted by Gasteiger charge is 2.52. The van der Waals surface area contributed by atoms with Crippen LogP contribution in [0.2, 0.25) is 0 Å². The number of aliphatic hydroxyl groups excluding tert-OH is 1. The lowest BCUT2D eigenvalue weighted by atomic mass is 9.77. The second-order valence-corrected chi connectivity index (χ2v) is 17.5. The van der Waals surface area contributed by atoms with Crippen molar-refractivity contribution in [3.05, 3.63) is 114 Å². The van der Waals surface area contributed by atoms with Gasteiger partial charge in [0, 0.05) is 19.3 Å². The first-order chi connectivity index (χ1) is 34.1. The number of nitrogens with one attached hydrogen (secondary N) is 1. The molecule has 1 saturated heterocycles. The lowest BCUT2D eigenvalue weighted by molar-refractivity contribution is -0.154. The largest absolute Gasteiger partial charge is 0.509 e. The molecule has 3 atom stereocenters. The fourth-order valence-electron chi connectivity index (χ4n) is 8.68. The molecule has 2 N–H and O–H groups in total. The number of unbranched alkanes of at least 4 members (excludes halogenated alkanes) is 10. The van der Waals surface area contributed by atoms with Crippen molar-refractivity contribution < 1.29 is 52.3 Å². The lowest BCUT2D eigenvalue weighted by Gasteiger charge is -2.37. The van der Waals surface area contributed by atoms with Gasteiger partial charge in [-0.2, -0.15) is 14.4 Å². The summed E-state index contributed by atoms with van der Waals surface area (Å²) in [4.78, 5) is 52.0. The molecule has 0 unspecified atom stereocenters. The highest BCUT2D eigenvalue weighted by molar-refractivity contribution is 5.84. The Hall–Kier alpha value is -6.57. The molecule has 1 aliphatic rings. The van der Waals surface area contributed by atoms with Crippen molar-refractivity contribution >= 4 is 35.1 Å². The Kier molecular flexibility index (Phi) is 19.9. The molecular formula is C54H66FN5O10. The Morgan fingerprint density at radius 3 is 1.90 bits per heavy atom. The van der Waals surface area contributed by atoms with E-state index in [2.05, 4.69) is 40.0 Å². The fraction of sp³-hybridized carbons (Fsp3) is 0.481. The van der Waals surface area contributed by atoms with Crippen LogP contribution in [0.4, 0.5) is 15.0 Å². The van der Waals surface area contributed by atoms with Gasteiger partial charge in [-0.25, -0.2) is 9.78 Å². The molecule has 0 saturated carbocycles. The number of nitrogens with zero attached hydrogens (tertiary/aromatic N) is 4. The van der Waals surface area contributed by atoms with E-state index in [1.807, 2.05) is 84.9 Å². The van der Waals surface area contributed by atoms with E-state index in [1.54, 1.807) is 7.11 Å². The summed E-state index contributed by atoms with van der Waals surface area (Å²) in [6.45, 7) is 2.70. The zero-order chi connectivity index (χ0) is 49.8. The van der Waals surface area contributed by atoms with E-state index in [0.717, 1.165) is 80.9 Å². The number of rotatable bonds is 28. The van der Waals surface area contributed by atoms with E-state index >= 15 is 4.39 Å². The third-order valence-electron chi connectivity index (χ3n) is 12.5. The zero-order valence-corrected chi connectivity index (χ0v) is 40.5. The van der Waals surface area contributed by atoms with Gasteiger partial charge < -0.3 is 38.8 Å². The van der Waals surface area contributed by atoms with Gasteiger partial charge in [0.25, 0.3) is 0 Å². The predicted molar refractivity (Wildman–Crippen MR) is 261 cm³/mol. The molecule has 2 aromatic heterocycles. The molecule has 15 nitrogen and oxygen atoms in total. The van der Waals surface area contributed by atoms with Gasteiger partial charge in [0.2, 0.25) is 0 Å². The maximum Gasteiger partial charge on any atom is 0.509 e. The Balaban J connectivity index is 1.21. The molecule has 3 aromatic carbocycles. The van der Waals surface area contributed by atoms with Crippen LogP contribution in [-0.2, 0) is 38.8 Å². The van der Waals surface area contributed by atoms with E-state index in [0.29, 0.717) is 18.6 Å². The van der Waals surface area contributed by atoms with Crippen LogP contribution in [-0.4, -0.2) is 87.5 Å². The van der Waals surface area contributed by atoms with Crippen LogP contribution < -0.4 is 10.1 Å². The third kappa shape index (κ3) is 13.6. The van der Waals surface area contributed by atoms with Crippen molar-refractivity contribution in [3.63, 3.8) is 0 Å². The second-order valence-electron chi connectivity index (χ2n) is 17.5. The van der Waals surface area contributed by atoms with Crippen LogP contribution in [0.3, 0.4) is 0 Å². The molecule has 70 heavy (non-hydrogen) atoms. The van der Waals surface area contributed by atoms with Crippen LogP contribution in [0.15, 0.2) is 91.3 Å². The summed E-state index contributed by atoms with van der Waals surface area (Å²) in [5.74, 6) is 2.17. The summed E-state index contributed by atoms with van der Waals surface area (Å²) in [5, 5.41) is 14.3. The molecule has 0 aliphatic carbocycles. The van der Waals surface area contributed by atoms with Crippen molar-refractivity contribution in [2.75, 3.05) is 32.2 Å². The maximum atomic E-state index is 15.9. The number of hydrogen-bond acceptors (Lipinski definition) is 14. The Bertz CT molecular complexity index is 2400. The summed E-state index contributed by atoms with van der Waals surface area (Å²) >= 11 is 0. The molecule has 5 aromatic rings. The molecule has 16 heteroatoms. The number of methoxy groups -OCH3 is 1. The number of hydrogen-bond donors (Lipinski definition) is 2. The molecule has 374 valence electrons. The van der Waals surface area contributed by atoms with Gasteiger partial charge in [-0.1, -0.05) is 157 Å². The summed E-state index contributed by atoms with van der Waals surface area (Å²) < 4.78 is 51.4. The summed E-state index contributed by atoms with van der Waals surface area (Å²) in [5.41, 5.74) is -0.446. The van der Waals surface area contributed by atoms with Crippen molar-refractivity contribution in [1.82, 2.24) is 19.5 Å². The number of aliphatic hydroxyl groups is 1. The number of ether oxygens (including phenoxy) is 6. The van der Waals surface area contributed by atoms with E-state index in [4.69, 9.17) is 34.8 Å².